The number of hydrogen-bond acceptors (Lipinski definition) is 3. The quantitative estimate of drug-likeness (QED) is 0.927. The number of nitrogens with zero attached hydrogens (tertiary/aromatic N) is 2. The lowest BCUT2D eigenvalue weighted by atomic mass is 10.1. The highest BCUT2D eigenvalue weighted by molar-refractivity contribution is 9.10. The van der Waals surface area contributed by atoms with Gasteiger partial charge in [-0.3, -0.25) is 4.79 Å². The second-order valence-electron chi connectivity index (χ2n) is 4.18. The van der Waals surface area contributed by atoms with Gasteiger partial charge in [-0.05, 0) is 34.5 Å². The smallest absolute Gasteiger partial charge is 0.282 e. The third-order valence-electron chi connectivity index (χ3n) is 2.83. The zero-order chi connectivity index (χ0) is 14.7. The van der Waals surface area contributed by atoms with Crippen molar-refractivity contribution in [2.24, 2.45) is 7.05 Å². The summed E-state index contributed by atoms with van der Waals surface area (Å²) >= 11 is 3.16. The van der Waals surface area contributed by atoms with Crippen LogP contribution in [-0.4, -0.2) is 16.3 Å². The van der Waals surface area contributed by atoms with Gasteiger partial charge in [0, 0.05) is 19.2 Å². The van der Waals surface area contributed by atoms with Crippen LogP contribution in [0.2, 0.25) is 0 Å². The molecule has 2 aromatic rings. The Morgan fingerprint density at radius 1 is 1.35 bits per heavy atom. The first-order chi connectivity index (χ1) is 9.50. The molecule has 0 saturated heterocycles. The minimum absolute atomic E-state index is 0.0212. The van der Waals surface area contributed by atoms with Gasteiger partial charge in [-0.15, -0.1) is 0 Å². The highest BCUT2D eigenvalue weighted by atomic mass is 79.9. The van der Waals surface area contributed by atoms with Crippen LogP contribution >= 0.6 is 15.9 Å². The van der Waals surface area contributed by atoms with E-state index in [-0.39, 0.29) is 24.1 Å². The van der Waals surface area contributed by atoms with Crippen molar-refractivity contribution in [3.05, 3.63) is 56.4 Å². The van der Waals surface area contributed by atoms with Crippen LogP contribution in [0.3, 0.4) is 0 Å². The third kappa shape index (κ3) is 3.04. The predicted octanol–water partition coefficient (Wildman–Crippen LogP) is 2.48. The van der Waals surface area contributed by atoms with Crippen LogP contribution in [0.15, 0.2) is 33.7 Å². The van der Waals surface area contributed by atoms with Gasteiger partial charge in [0.15, 0.2) is 0 Å². The molecule has 1 aromatic heterocycles. The van der Waals surface area contributed by atoms with E-state index in [0.29, 0.717) is 10.2 Å². The number of nitrogens with one attached hydrogen (secondary N) is 1. The Hall–Kier alpha value is -1.76. The second-order valence-corrected chi connectivity index (χ2v) is 4.97. The maximum Gasteiger partial charge on any atom is 0.282 e. The van der Waals surface area contributed by atoms with Crippen LogP contribution < -0.4 is 10.9 Å². The Morgan fingerprint density at radius 2 is 2.00 bits per heavy atom. The summed E-state index contributed by atoms with van der Waals surface area (Å²) in [6, 6.07) is 3.76. The molecule has 0 bridgehead atoms. The summed E-state index contributed by atoms with van der Waals surface area (Å²) in [5.41, 5.74) is 0.227. The van der Waals surface area contributed by atoms with Crippen LogP contribution in [0.1, 0.15) is 5.56 Å². The van der Waals surface area contributed by atoms with Crippen molar-refractivity contribution in [2.75, 3.05) is 11.9 Å². The summed E-state index contributed by atoms with van der Waals surface area (Å²) in [5, 5.41) is 6.79. The molecule has 0 fully saturated rings. The van der Waals surface area contributed by atoms with Crippen LogP contribution in [0.4, 0.5) is 14.5 Å². The SMILES string of the molecule is Cn1ncc(NCCc2c(F)cccc2F)c(Br)c1=O. The minimum atomic E-state index is -0.576. The van der Waals surface area contributed by atoms with Gasteiger partial charge in [0.1, 0.15) is 16.1 Å². The Bertz CT molecular complexity index is 668. The summed E-state index contributed by atoms with van der Waals surface area (Å²) in [6.45, 7) is 0.283. The summed E-state index contributed by atoms with van der Waals surface area (Å²) in [4.78, 5) is 11.6. The number of rotatable bonds is 4. The van der Waals surface area contributed by atoms with Gasteiger partial charge in [-0.25, -0.2) is 13.5 Å². The van der Waals surface area contributed by atoms with E-state index < -0.39 is 11.6 Å². The van der Waals surface area contributed by atoms with E-state index in [1.165, 1.54) is 36.1 Å². The maximum atomic E-state index is 13.4. The topological polar surface area (TPSA) is 46.9 Å². The number of aryl methyl sites for hydroxylation is 1. The fraction of sp³-hybridized carbons (Fsp3) is 0.231. The van der Waals surface area contributed by atoms with Crippen molar-refractivity contribution in [3.8, 4) is 0 Å². The standard InChI is InChI=1S/C13H12BrF2N3O/c1-19-13(20)12(14)11(7-18-19)17-6-5-8-9(15)3-2-4-10(8)16/h2-4,7,17H,5-6H2,1H3. The molecule has 0 aliphatic carbocycles. The number of halogens is 3. The summed E-state index contributed by atoms with van der Waals surface area (Å²) in [7, 11) is 1.53. The largest absolute Gasteiger partial charge is 0.382 e. The Morgan fingerprint density at radius 3 is 2.65 bits per heavy atom. The number of aromatic nitrogens is 2. The first kappa shape index (κ1) is 14.6. The molecule has 0 aliphatic heterocycles. The molecule has 0 radical (unpaired) electrons. The van der Waals surface area contributed by atoms with E-state index in [1.54, 1.807) is 0 Å². The summed E-state index contributed by atoms with van der Waals surface area (Å²) in [6.07, 6.45) is 1.64. The highest BCUT2D eigenvalue weighted by Gasteiger charge is 2.09. The molecule has 0 saturated carbocycles. The van der Waals surface area contributed by atoms with Crippen LogP contribution in [0.25, 0.3) is 0 Å². The Kier molecular flexibility index (Phi) is 4.49. The van der Waals surface area contributed by atoms with Crippen LogP contribution in [-0.2, 0) is 13.5 Å². The van der Waals surface area contributed by atoms with Gasteiger partial charge in [-0.2, -0.15) is 5.10 Å². The summed E-state index contributed by atoms with van der Waals surface area (Å²) in [5.74, 6) is -1.15. The fourth-order valence-corrected chi connectivity index (χ4v) is 2.23. The molecule has 0 unspecified atom stereocenters. The zero-order valence-corrected chi connectivity index (χ0v) is 12.2. The lowest BCUT2D eigenvalue weighted by molar-refractivity contribution is 0.557. The lowest BCUT2D eigenvalue weighted by Crippen LogP contribution is -2.21. The number of anilines is 1. The molecule has 106 valence electrons. The van der Waals surface area contributed by atoms with Gasteiger partial charge < -0.3 is 5.32 Å². The van der Waals surface area contributed by atoms with Crippen molar-refractivity contribution >= 4 is 21.6 Å². The molecule has 7 heteroatoms. The molecule has 0 amide bonds. The van der Waals surface area contributed by atoms with Gasteiger partial charge >= 0.3 is 0 Å². The predicted molar refractivity (Wildman–Crippen MR) is 75.7 cm³/mol. The molecular formula is C13H12BrF2N3O. The van der Waals surface area contributed by atoms with Crippen molar-refractivity contribution in [3.63, 3.8) is 0 Å². The number of benzene rings is 1. The van der Waals surface area contributed by atoms with E-state index >= 15 is 0 Å². The maximum absolute atomic E-state index is 13.4. The molecule has 1 aromatic carbocycles. The first-order valence-corrected chi connectivity index (χ1v) is 6.68. The van der Waals surface area contributed by atoms with Crippen LogP contribution in [0.5, 0.6) is 0 Å². The van der Waals surface area contributed by atoms with Crippen molar-refractivity contribution in [2.45, 2.75) is 6.42 Å². The average Bonchev–Trinajstić information content (AvgIpc) is 2.42. The van der Waals surface area contributed by atoms with Gasteiger partial charge in [0.25, 0.3) is 5.56 Å². The molecule has 0 atom stereocenters. The highest BCUT2D eigenvalue weighted by Crippen LogP contribution is 2.17. The molecule has 2 rings (SSSR count). The zero-order valence-electron chi connectivity index (χ0n) is 10.7. The molecule has 0 aliphatic rings. The van der Waals surface area contributed by atoms with Gasteiger partial charge in [0.2, 0.25) is 0 Å². The van der Waals surface area contributed by atoms with E-state index in [2.05, 4.69) is 26.3 Å². The van der Waals surface area contributed by atoms with Gasteiger partial charge in [0.05, 0.1) is 11.9 Å². The minimum Gasteiger partial charge on any atom is -0.382 e. The van der Waals surface area contributed by atoms with Crippen molar-refractivity contribution in [1.82, 2.24) is 9.78 Å². The third-order valence-corrected chi connectivity index (χ3v) is 3.60. The van der Waals surface area contributed by atoms with Crippen LogP contribution in [0, 0.1) is 11.6 Å². The van der Waals surface area contributed by atoms with E-state index in [1.807, 2.05) is 0 Å². The van der Waals surface area contributed by atoms with Crippen molar-refractivity contribution in [1.29, 1.82) is 0 Å². The van der Waals surface area contributed by atoms with E-state index in [9.17, 15) is 13.6 Å². The lowest BCUT2D eigenvalue weighted by Gasteiger charge is -2.09. The molecule has 4 nitrogen and oxygen atoms in total. The molecule has 20 heavy (non-hydrogen) atoms. The van der Waals surface area contributed by atoms with E-state index in [4.69, 9.17) is 0 Å². The molecule has 1 heterocycles. The Balaban J connectivity index is 2.07. The first-order valence-electron chi connectivity index (χ1n) is 5.89. The molecule has 0 spiro atoms. The van der Waals surface area contributed by atoms with Gasteiger partial charge in [-0.1, -0.05) is 6.07 Å². The monoisotopic (exact) mass is 343 g/mol. The normalized spacial score (nSPS) is 10.6. The average molecular weight is 344 g/mol. The Labute approximate surface area is 122 Å². The fourth-order valence-electron chi connectivity index (χ4n) is 1.73. The number of hydrogen-bond donors (Lipinski definition) is 1. The molecule has 1 N–H and O–H groups in total. The van der Waals surface area contributed by atoms with Crippen molar-refractivity contribution < 1.29 is 8.78 Å². The van der Waals surface area contributed by atoms with E-state index in [0.717, 1.165) is 0 Å². The molecular weight excluding hydrogens is 332 g/mol. The second kappa shape index (κ2) is 6.13. The summed E-state index contributed by atoms with van der Waals surface area (Å²) < 4.78 is 28.4.